The molecule has 0 saturated carbocycles. The monoisotopic (exact) mass is 193 g/mol. The lowest BCUT2D eigenvalue weighted by molar-refractivity contribution is 0.281. The lowest BCUT2D eigenvalue weighted by Gasteiger charge is -2.23. The fourth-order valence-electron chi connectivity index (χ4n) is 1.69. The van der Waals surface area contributed by atoms with Gasteiger partial charge in [-0.05, 0) is 26.3 Å². The van der Waals surface area contributed by atoms with Crippen LogP contribution in [0.1, 0.15) is 20.3 Å². The molecule has 0 spiro atoms. The van der Waals surface area contributed by atoms with Gasteiger partial charge >= 0.3 is 0 Å². The van der Waals surface area contributed by atoms with Gasteiger partial charge in [-0.25, -0.2) is 5.01 Å². The van der Waals surface area contributed by atoms with E-state index in [0.717, 1.165) is 17.9 Å². The molecule has 1 heterocycles. The standard InChI is InChI=1S/C10H15N3O/c1-7(2)13-10-6-8(14-3)4-5-9(10)11-12-13/h4,6-7,9H,5H2,1-3H3. The Kier molecular flexibility index (Phi) is 2.27. The zero-order valence-corrected chi connectivity index (χ0v) is 8.77. The van der Waals surface area contributed by atoms with Crippen LogP contribution in [-0.4, -0.2) is 24.2 Å². The van der Waals surface area contributed by atoms with Crippen LogP contribution in [0, 0.1) is 0 Å². The molecule has 76 valence electrons. The molecule has 1 aliphatic carbocycles. The SMILES string of the molecule is COC1=CCC2N=NN(C(C)C)C2=C1. The molecule has 1 unspecified atom stereocenters. The highest BCUT2D eigenvalue weighted by molar-refractivity contribution is 5.29. The maximum absolute atomic E-state index is 5.20. The molecule has 0 aromatic heterocycles. The number of hydrogen-bond acceptors (Lipinski definition) is 4. The van der Waals surface area contributed by atoms with Crippen LogP contribution < -0.4 is 0 Å². The van der Waals surface area contributed by atoms with Crippen molar-refractivity contribution in [2.45, 2.75) is 32.4 Å². The van der Waals surface area contributed by atoms with Gasteiger partial charge in [-0.3, -0.25) is 0 Å². The van der Waals surface area contributed by atoms with Crippen LogP contribution in [0.5, 0.6) is 0 Å². The quantitative estimate of drug-likeness (QED) is 0.674. The largest absolute Gasteiger partial charge is 0.497 e. The summed E-state index contributed by atoms with van der Waals surface area (Å²) in [6, 6.07) is 0.558. The molecule has 14 heavy (non-hydrogen) atoms. The molecule has 0 aromatic carbocycles. The van der Waals surface area contributed by atoms with Crippen LogP contribution in [0.4, 0.5) is 0 Å². The number of nitrogens with zero attached hydrogens (tertiary/aromatic N) is 3. The van der Waals surface area contributed by atoms with Crippen molar-refractivity contribution in [3.8, 4) is 0 Å². The smallest absolute Gasteiger partial charge is 0.118 e. The summed E-state index contributed by atoms with van der Waals surface area (Å²) in [6.45, 7) is 4.21. The molecule has 0 saturated heterocycles. The molecule has 0 aromatic rings. The van der Waals surface area contributed by atoms with Gasteiger partial charge in [0.15, 0.2) is 0 Å². The fraction of sp³-hybridized carbons (Fsp3) is 0.600. The molecule has 2 aliphatic rings. The van der Waals surface area contributed by atoms with Crippen molar-refractivity contribution in [3.05, 3.63) is 23.6 Å². The van der Waals surface area contributed by atoms with Crippen molar-refractivity contribution in [1.82, 2.24) is 5.01 Å². The summed E-state index contributed by atoms with van der Waals surface area (Å²) in [4.78, 5) is 0. The Morgan fingerprint density at radius 1 is 1.57 bits per heavy atom. The van der Waals surface area contributed by atoms with E-state index in [4.69, 9.17) is 4.74 Å². The van der Waals surface area contributed by atoms with Gasteiger partial charge in [-0.1, -0.05) is 5.22 Å². The summed E-state index contributed by atoms with van der Waals surface area (Å²) in [5.41, 5.74) is 1.15. The zero-order chi connectivity index (χ0) is 10.1. The van der Waals surface area contributed by atoms with Crippen molar-refractivity contribution >= 4 is 0 Å². The predicted molar refractivity (Wildman–Crippen MR) is 53.4 cm³/mol. The van der Waals surface area contributed by atoms with Crippen LogP contribution in [0.25, 0.3) is 0 Å². The van der Waals surface area contributed by atoms with Gasteiger partial charge in [0.1, 0.15) is 11.8 Å². The number of ether oxygens (including phenoxy) is 1. The number of fused-ring (bicyclic) bond motifs is 1. The minimum absolute atomic E-state index is 0.205. The second kappa shape index (κ2) is 3.44. The lowest BCUT2D eigenvalue weighted by Crippen LogP contribution is -2.26. The maximum atomic E-state index is 5.20. The number of allylic oxidation sites excluding steroid dienone is 1. The van der Waals surface area contributed by atoms with Crippen LogP contribution in [-0.2, 0) is 4.74 Å². The first-order valence-corrected chi connectivity index (χ1v) is 4.88. The van der Waals surface area contributed by atoms with E-state index >= 15 is 0 Å². The number of methoxy groups -OCH3 is 1. The molecular formula is C10H15N3O. The van der Waals surface area contributed by atoms with E-state index in [1.807, 2.05) is 11.1 Å². The van der Waals surface area contributed by atoms with Crippen molar-refractivity contribution in [2.24, 2.45) is 10.3 Å². The first kappa shape index (κ1) is 9.24. The fourth-order valence-corrected chi connectivity index (χ4v) is 1.69. The molecular weight excluding hydrogens is 178 g/mol. The normalized spacial score (nSPS) is 24.9. The van der Waals surface area contributed by atoms with Crippen molar-refractivity contribution in [3.63, 3.8) is 0 Å². The molecule has 1 atom stereocenters. The summed E-state index contributed by atoms with van der Waals surface area (Å²) >= 11 is 0. The van der Waals surface area contributed by atoms with Crippen molar-refractivity contribution < 1.29 is 4.74 Å². The molecule has 0 radical (unpaired) electrons. The second-order valence-electron chi connectivity index (χ2n) is 3.77. The molecule has 4 heteroatoms. The molecule has 4 nitrogen and oxygen atoms in total. The molecule has 2 rings (SSSR count). The van der Waals surface area contributed by atoms with Gasteiger partial charge in [0.2, 0.25) is 0 Å². The van der Waals surface area contributed by atoms with E-state index in [0.29, 0.717) is 6.04 Å². The molecule has 0 bridgehead atoms. The van der Waals surface area contributed by atoms with Crippen LogP contribution in [0.2, 0.25) is 0 Å². The Morgan fingerprint density at radius 3 is 3.00 bits per heavy atom. The highest BCUT2D eigenvalue weighted by atomic mass is 16.5. The van der Waals surface area contributed by atoms with Crippen molar-refractivity contribution in [2.75, 3.05) is 7.11 Å². The van der Waals surface area contributed by atoms with Gasteiger partial charge < -0.3 is 4.74 Å². The molecule has 0 N–H and O–H groups in total. The summed E-state index contributed by atoms with van der Waals surface area (Å²) in [5.74, 6) is 0.911. The average Bonchev–Trinajstić information content (AvgIpc) is 2.59. The Hall–Kier alpha value is -1.32. The third-order valence-electron chi connectivity index (χ3n) is 2.45. The van der Waals surface area contributed by atoms with E-state index in [1.165, 1.54) is 0 Å². The first-order chi connectivity index (χ1) is 6.72. The summed E-state index contributed by atoms with van der Waals surface area (Å²) in [6.07, 6.45) is 4.97. The average molecular weight is 193 g/mol. The zero-order valence-electron chi connectivity index (χ0n) is 8.77. The van der Waals surface area contributed by atoms with Crippen LogP contribution >= 0.6 is 0 Å². The Balaban J connectivity index is 2.24. The highest BCUT2D eigenvalue weighted by Crippen LogP contribution is 2.31. The second-order valence-corrected chi connectivity index (χ2v) is 3.77. The number of rotatable bonds is 2. The van der Waals surface area contributed by atoms with E-state index in [1.54, 1.807) is 7.11 Å². The third kappa shape index (κ3) is 1.41. The van der Waals surface area contributed by atoms with Crippen LogP contribution in [0.3, 0.4) is 0 Å². The van der Waals surface area contributed by atoms with E-state index in [2.05, 4.69) is 30.3 Å². The summed E-state index contributed by atoms with van der Waals surface area (Å²) in [7, 11) is 1.69. The molecule has 0 amide bonds. The predicted octanol–water partition coefficient (Wildman–Crippen LogP) is 2.26. The van der Waals surface area contributed by atoms with Gasteiger partial charge in [-0.15, -0.1) is 0 Å². The first-order valence-electron chi connectivity index (χ1n) is 4.88. The number of hydrogen-bond donors (Lipinski definition) is 0. The van der Waals surface area contributed by atoms with E-state index in [9.17, 15) is 0 Å². The summed E-state index contributed by atoms with van der Waals surface area (Å²) in [5, 5.41) is 10.3. The van der Waals surface area contributed by atoms with E-state index < -0.39 is 0 Å². The van der Waals surface area contributed by atoms with Crippen molar-refractivity contribution in [1.29, 1.82) is 0 Å². The Bertz CT molecular complexity index is 317. The topological polar surface area (TPSA) is 37.2 Å². The Morgan fingerprint density at radius 2 is 2.36 bits per heavy atom. The molecule has 1 aliphatic heterocycles. The highest BCUT2D eigenvalue weighted by Gasteiger charge is 2.29. The van der Waals surface area contributed by atoms with Gasteiger partial charge in [-0.2, -0.15) is 5.11 Å². The Labute approximate surface area is 83.9 Å². The summed E-state index contributed by atoms with van der Waals surface area (Å²) < 4.78 is 5.20. The third-order valence-corrected chi connectivity index (χ3v) is 2.45. The maximum Gasteiger partial charge on any atom is 0.118 e. The van der Waals surface area contributed by atoms with Gasteiger partial charge in [0, 0.05) is 12.1 Å². The van der Waals surface area contributed by atoms with E-state index in [-0.39, 0.29) is 6.04 Å². The van der Waals surface area contributed by atoms with Gasteiger partial charge in [0.05, 0.1) is 12.8 Å². The minimum Gasteiger partial charge on any atom is -0.497 e. The van der Waals surface area contributed by atoms with Crippen LogP contribution in [0.15, 0.2) is 33.9 Å². The minimum atomic E-state index is 0.205. The van der Waals surface area contributed by atoms with Gasteiger partial charge in [0.25, 0.3) is 0 Å². The molecule has 0 fully saturated rings. The lowest BCUT2D eigenvalue weighted by atomic mass is 10.0.